The van der Waals surface area contributed by atoms with E-state index in [4.69, 9.17) is 9.47 Å². The number of hydrogen-bond donors (Lipinski definition) is 0. The van der Waals surface area contributed by atoms with Gasteiger partial charge in [0.2, 0.25) is 5.36 Å². The molecule has 0 radical (unpaired) electrons. The van der Waals surface area contributed by atoms with Gasteiger partial charge in [0.1, 0.15) is 18.0 Å². The highest BCUT2D eigenvalue weighted by molar-refractivity contribution is 6.02. The Morgan fingerprint density at radius 2 is 1.57 bits per heavy atom. The molecular formula is C40H46N3O3+. The van der Waals surface area contributed by atoms with Crippen molar-refractivity contribution >= 4 is 28.3 Å². The van der Waals surface area contributed by atoms with Gasteiger partial charge in [-0.25, -0.2) is 4.58 Å². The summed E-state index contributed by atoms with van der Waals surface area (Å²) >= 11 is 0. The first kappa shape index (κ1) is 30.5. The Kier molecular flexibility index (Phi) is 7.28. The highest BCUT2D eigenvalue weighted by Crippen LogP contribution is 2.46. The molecule has 0 unspecified atom stereocenters. The molecule has 0 aromatic heterocycles. The van der Waals surface area contributed by atoms with E-state index in [0.717, 1.165) is 46.5 Å². The van der Waals surface area contributed by atoms with Crippen LogP contribution >= 0.6 is 0 Å². The Bertz CT molecular complexity index is 1970. The van der Waals surface area contributed by atoms with E-state index in [2.05, 4.69) is 107 Å². The van der Waals surface area contributed by atoms with E-state index in [-0.39, 0.29) is 17.0 Å². The number of benzene rings is 3. The molecule has 4 aliphatic heterocycles. The molecule has 6 heteroatoms. The molecule has 0 spiro atoms. The monoisotopic (exact) mass is 616 g/mol. The molecule has 0 N–H and O–H groups in total. The van der Waals surface area contributed by atoms with Crippen LogP contribution in [0.15, 0.2) is 60.7 Å². The zero-order valence-electron chi connectivity index (χ0n) is 28.6. The van der Waals surface area contributed by atoms with Crippen molar-refractivity contribution in [3.8, 4) is 11.5 Å². The summed E-state index contributed by atoms with van der Waals surface area (Å²) in [5.41, 5.74) is 9.55. The molecule has 46 heavy (non-hydrogen) atoms. The van der Waals surface area contributed by atoms with Crippen LogP contribution in [-0.2, 0) is 4.74 Å². The van der Waals surface area contributed by atoms with Crippen molar-refractivity contribution in [1.29, 1.82) is 0 Å². The van der Waals surface area contributed by atoms with Crippen molar-refractivity contribution in [3.05, 3.63) is 99.1 Å². The minimum Gasteiger partial charge on any atom is -0.456 e. The van der Waals surface area contributed by atoms with Crippen LogP contribution in [0.2, 0.25) is 0 Å². The van der Waals surface area contributed by atoms with Crippen molar-refractivity contribution in [2.45, 2.75) is 66.5 Å². The fourth-order valence-electron chi connectivity index (χ4n) is 8.30. The van der Waals surface area contributed by atoms with E-state index < -0.39 is 0 Å². The molecular weight excluding hydrogens is 570 g/mol. The van der Waals surface area contributed by atoms with Gasteiger partial charge in [-0.2, -0.15) is 0 Å². The number of amides is 1. The van der Waals surface area contributed by atoms with E-state index in [1.165, 1.54) is 33.3 Å². The first-order valence-corrected chi connectivity index (χ1v) is 16.8. The van der Waals surface area contributed by atoms with Crippen molar-refractivity contribution in [1.82, 2.24) is 9.48 Å². The van der Waals surface area contributed by atoms with Gasteiger partial charge in [0.15, 0.2) is 5.54 Å². The number of hydrogen-bond acceptors (Lipinski definition) is 4. The average molecular weight is 617 g/mol. The van der Waals surface area contributed by atoms with Crippen LogP contribution in [0.4, 0.5) is 5.69 Å². The van der Waals surface area contributed by atoms with E-state index in [1.807, 2.05) is 23.1 Å². The van der Waals surface area contributed by atoms with Crippen LogP contribution in [0.3, 0.4) is 0 Å². The van der Waals surface area contributed by atoms with Crippen molar-refractivity contribution < 1.29 is 14.3 Å². The van der Waals surface area contributed by atoms with Crippen LogP contribution in [0.5, 0.6) is 11.5 Å². The van der Waals surface area contributed by atoms with Crippen molar-refractivity contribution in [2.75, 3.05) is 44.3 Å². The molecule has 4 heterocycles. The van der Waals surface area contributed by atoms with Gasteiger partial charge in [-0.05, 0) is 82.5 Å². The van der Waals surface area contributed by atoms with Crippen molar-refractivity contribution in [2.24, 2.45) is 0 Å². The lowest BCUT2D eigenvalue weighted by Crippen LogP contribution is -2.49. The molecule has 0 aliphatic carbocycles. The largest absolute Gasteiger partial charge is 0.456 e. The van der Waals surface area contributed by atoms with Crippen LogP contribution in [0.25, 0.3) is 16.7 Å². The molecule has 3 aromatic carbocycles. The summed E-state index contributed by atoms with van der Waals surface area (Å²) < 4.78 is 15.0. The Morgan fingerprint density at radius 1 is 0.848 bits per heavy atom. The number of rotatable bonds is 4. The third-order valence-electron chi connectivity index (χ3n) is 10.3. The van der Waals surface area contributed by atoms with Crippen LogP contribution in [0, 0.1) is 0 Å². The van der Waals surface area contributed by atoms with Crippen LogP contribution in [0.1, 0.15) is 88.0 Å². The molecule has 1 fully saturated rings. The molecule has 0 saturated carbocycles. The van der Waals surface area contributed by atoms with E-state index >= 15 is 0 Å². The molecule has 7 rings (SSSR count). The normalized spacial score (nSPS) is 19.3. The summed E-state index contributed by atoms with van der Waals surface area (Å²) in [6.45, 7) is 22.0. The van der Waals surface area contributed by atoms with Gasteiger partial charge in [0.25, 0.3) is 5.91 Å². The number of carbonyl (C=O) groups excluding carboxylic acids is 1. The first-order chi connectivity index (χ1) is 21.9. The smallest absolute Gasteiger partial charge is 0.254 e. The zero-order chi connectivity index (χ0) is 32.5. The van der Waals surface area contributed by atoms with E-state index in [1.54, 1.807) is 0 Å². The lowest BCUT2D eigenvalue weighted by atomic mass is 9.83. The average Bonchev–Trinajstić information content (AvgIpc) is 3.02. The van der Waals surface area contributed by atoms with Gasteiger partial charge in [-0.15, -0.1) is 0 Å². The Labute approximate surface area is 272 Å². The second-order valence-electron chi connectivity index (χ2n) is 14.1. The zero-order valence-corrected chi connectivity index (χ0v) is 28.6. The quantitative estimate of drug-likeness (QED) is 0.255. The fraction of sp³-hybridized carbons (Fsp3) is 0.400. The lowest BCUT2D eigenvalue weighted by molar-refractivity contribution is 0.0302. The number of carbonyl (C=O) groups is 1. The maximum Gasteiger partial charge on any atom is 0.254 e. The van der Waals surface area contributed by atoms with Crippen LogP contribution < -0.4 is 24.8 Å². The van der Waals surface area contributed by atoms with E-state index in [0.29, 0.717) is 31.9 Å². The summed E-state index contributed by atoms with van der Waals surface area (Å²) in [6, 6.07) is 17.2. The summed E-state index contributed by atoms with van der Waals surface area (Å²) in [6.07, 6.45) is 4.73. The third kappa shape index (κ3) is 4.72. The summed E-state index contributed by atoms with van der Waals surface area (Å²) in [5.74, 6) is 1.69. The standard InChI is InChI=1S/C40H46N3O3/c1-9-42-33-21-35-31(19-29(33)25(3)23-39(42,5)6)37(27-13-11-12-14-28(27)38(44)41-15-17-45-18-16-41)32-20-30-26(4)24-40(7,8)43(10-2)34(30)22-36(32)46-35/h11-14,19-24H,9-10,15-18H2,1-8H3/q+1. The highest BCUT2D eigenvalue weighted by Gasteiger charge is 2.36. The molecule has 3 aromatic rings. The maximum absolute atomic E-state index is 14.2. The summed E-state index contributed by atoms with van der Waals surface area (Å²) in [5, 5.41) is 2.20. The number of nitrogens with zero attached hydrogens (tertiary/aromatic N) is 3. The van der Waals surface area contributed by atoms with Gasteiger partial charge < -0.3 is 19.3 Å². The molecule has 0 atom stereocenters. The van der Waals surface area contributed by atoms with Crippen molar-refractivity contribution in [3.63, 3.8) is 0 Å². The Morgan fingerprint density at radius 3 is 2.28 bits per heavy atom. The minimum absolute atomic E-state index is 0.0434. The van der Waals surface area contributed by atoms with Gasteiger partial charge in [-0.3, -0.25) is 4.79 Å². The predicted octanol–water partition coefficient (Wildman–Crippen LogP) is 6.24. The number of fused-ring (bicyclic) bond motifs is 4. The lowest BCUT2D eigenvalue weighted by Gasteiger charge is -2.43. The fourth-order valence-corrected chi connectivity index (χ4v) is 8.30. The number of morpholine rings is 1. The number of ether oxygens (including phenoxy) is 2. The number of likely N-dealkylation sites (N-methyl/N-ethyl adjacent to an activating group) is 2. The predicted molar refractivity (Wildman–Crippen MR) is 187 cm³/mol. The van der Waals surface area contributed by atoms with Gasteiger partial charge in [0, 0.05) is 78.3 Å². The second kappa shape index (κ2) is 11.0. The summed E-state index contributed by atoms with van der Waals surface area (Å²) in [4.78, 5) is 18.5. The molecule has 1 amide bonds. The van der Waals surface area contributed by atoms with Gasteiger partial charge in [-0.1, -0.05) is 24.3 Å². The Hall–Kier alpha value is -4.16. The molecule has 1 saturated heterocycles. The topological polar surface area (TPSA) is 45.0 Å². The second-order valence-corrected chi connectivity index (χ2v) is 14.1. The SMILES string of the molecule is CCN1c2cc3c(cc2C(C)=CC1(C)C)C(c1ccccc1C(=O)N1CCOCC1)=c1cc2c(cc1O3)=[N+](CC)C(C)(C)C=C2C. The number of allylic oxidation sites excluding steroid dienone is 2. The van der Waals surface area contributed by atoms with Crippen LogP contribution in [-0.4, -0.2) is 61.3 Å². The van der Waals surface area contributed by atoms with E-state index in [9.17, 15) is 4.79 Å². The van der Waals surface area contributed by atoms with Gasteiger partial charge >= 0.3 is 0 Å². The molecule has 0 bridgehead atoms. The first-order valence-electron chi connectivity index (χ1n) is 16.8. The molecule has 4 aliphatic rings. The third-order valence-corrected chi connectivity index (χ3v) is 10.3. The minimum atomic E-state index is -0.119. The summed E-state index contributed by atoms with van der Waals surface area (Å²) in [7, 11) is 0. The molecule has 6 nitrogen and oxygen atoms in total. The van der Waals surface area contributed by atoms with Gasteiger partial charge in [0.05, 0.1) is 24.8 Å². The molecule has 238 valence electrons. The number of anilines is 1. The Balaban J connectivity index is 1.57. The highest BCUT2D eigenvalue weighted by atomic mass is 16.5. The maximum atomic E-state index is 14.2.